The molecule has 1 aromatic rings. The lowest BCUT2D eigenvalue weighted by Gasteiger charge is -2.11. The van der Waals surface area contributed by atoms with Crippen LogP contribution in [0, 0.1) is 0 Å². The van der Waals surface area contributed by atoms with Crippen molar-refractivity contribution in [2.75, 3.05) is 6.16 Å². The minimum atomic E-state index is 0.102. The summed E-state index contributed by atoms with van der Waals surface area (Å²) in [6.07, 6.45) is 2.74. The lowest BCUT2D eigenvalue weighted by molar-refractivity contribution is -0.108. The van der Waals surface area contributed by atoms with Crippen LogP contribution < -0.4 is 5.30 Å². The fourth-order valence-corrected chi connectivity index (χ4v) is 3.23. The monoisotopic (exact) mass is 286 g/mol. The Bertz CT molecular complexity index is 349. The van der Waals surface area contributed by atoms with Crippen LogP contribution in [0.25, 0.3) is 0 Å². The predicted octanol–water partition coefficient (Wildman–Crippen LogP) is 3.04. The summed E-state index contributed by atoms with van der Waals surface area (Å²) in [6, 6.07) is 6.42. The van der Waals surface area contributed by atoms with Crippen LogP contribution in [0.1, 0.15) is 25.0 Å². The van der Waals surface area contributed by atoms with E-state index in [0.717, 1.165) is 12.8 Å². The number of benzene rings is 1. The van der Waals surface area contributed by atoms with Crippen LogP contribution in [0.5, 0.6) is 0 Å². The number of hydrogen-bond acceptors (Lipinski definition) is 1. The van der Waals surface area contributed by atoms with E-state index in [4.69, 9.17) is 0 Å². The molecule has 0 saturated heterocycles. The molecular weight excluding hydrogens is 271 g/mol. The fraction of sp³-hybridized carbons (Fsp3) is 0.417. The van der Waals surface area contributed by atoms with Crippen molar-refractivity contribution >= 4 is 34.5 Å². The molecule has 0 aliphatic heterocycles. The largest absolute Gasteiger partial charge is 0.286 e. The average Bonchev–Trinajstić information content (AvgIpc) is 2.25. The van der Waals surface area contributed by atoms with E-state index < -0.39 is 0 Å². The molecule has 1 rings (SSSR count). The first-order valence-electron chi connectivity index (χ1n) is 5.22. The van der Waals surface area contributed by atoms with Gasteiger partial charge in [-0.25, -0.2) is 0 Å². The molecule has 0 N–H and O–H groups in total. The summed E-state index contributed by atoms with van der Waals surface area (Å²) in [5.74, 6) is 0. The van der Waals surface area contributed by atoms with Crippen molar-refractivity contribution in [2.45, 2.75) is 26.7 Å². The number of hydrogen-bond donors (Lipinski definition) is 0. The molecule has 1 aromatic carbocycles. The zero-order chi connectivity index (χ0) is 11.3. The molecule has 1 nitrogen and oxygen atoms in total. The van der Waals surface area contributed by atoms with Gasteiger partial charge in [0.1, 0.15) is 0 Å². The van der Waals surface area contributed by atoms with Crippen LogP contribution in [0.4, 0.5) is 0 Å². The van der Waals surface area contributed by atoms with E-state index >= 15 is 0 Å². The van der Waals surface area contributed by atoms with Crippen molar-refractivity contribution in [3.63, 3.8) is 0 Å². The molecule has 0 saturated carbocycles. The molecule has 0 fully saturated rings. The van der Waals surface area contributed by atoms with Crippen molar-refractivity contribution < 1.29 is 4.79 Å². The third kappa shape index (κ3) is 3.70. The minimum Gasteiger partial charge on any atom is -0.286 e. The highest BCUT2D eigenvalue weighted by molar-refractivity contribution is 9.18. The Balaban J connectivity index is 2.90. The van der Waals surface area contributed by atoms with Gasteiger partial charge in [0.25, 0.3) is 0 Å². The molecule has 3 heteroatoms. The van der Waals surface area contributed by atoms with Gasteiger partial charge in [-0.15, -0.1) is 0 Å². The highest BCUT2D eigenvalue weighted by Crippen LogP contribution is 2.18. The molecular formula is C12H16BrOP. The van der Waals surface area contributed by atoms with Gasteiger partial charge in [0.15, 0.2) is 0 Å². The lowest BCUT2D eigenvalue weighted by Crippen LogP contribution is -2.08. The van der Waals surface area contributed by atoms with Crippen molar-refractivity contribution in [3.8, 4) is 0 Å². The van der Waals surface area contributed by atoms with Gasteiger partial charge in [0, 0.05) is 6.16 Å². The Labute approximate surface area is 102 Å². The maximum Gasteiger partial charge on any atom is 0.202 e. The van der Waals surface area contributed by atoms with E-state index in [9.17, 15) is 4.79 Å². The van der Waals surface area contributed by atoms with Crippen molar-refractivity contribution in [1.82, 2.24) is 0 Å². The Kier molecular flexibility index (Phi) is 5.49. The van der Waals surface area contributed by atoms with Gasteiger partial charge < -0.3 is 0 Å². The summed E-state index contributed by atoms with van der Waals surface area (Å²) in [6.45, 7) is 4.36. The van der Waals surface area contributed by atoms with E-state index in [1.807, 2.05) is 0 Å². The zero-order valence-corrected chi connectivity index (χ0v) is 11.7. The quantitative estimate of drug-likeness (QED) is 0.601. The Morgan fingerprint density at radius 3 is 2.60 bits per heavy atom. The Morgan fingerprint density at radius 2 is 2.07 bits per heavy atom. The van der Waals surface area contributed by atoms with Crippen molar-refractivity contribution in [3.05, 3.63) is 29.3 Å². The van der Waals surface area contributed by atoms with Crippen molar-refractivity contribution in [2.24, 2.45) is 0 Å². The molecule has 15 heavy (non-hydrogen) atoms. The SMILES string of the molecule is CCc1cccc(PCC(=O)Br)c1CC. The second-order valence-electron chi connectivity index (χ2n) is 3.36. The van der Waals surface area contributed by atoms with Gasteiger partial charge in [0.05, 0.1) is 0 Å². The molecule has 0 aliphatic rings. The summed E-state index contributed by atoms with van der Waals surface area (Å²) in [4.78, 5) is 10.9. The number of carbonyl (C=O) groups excluding carboxylic acids is 1. The van der Waals surface area contributed by atoms with E-state index in [1.54, 1.807) is 0 Å². The van der Waals surface area contributed by atoms with E-state index in [1.165, 1.54) is 16.4 Å². The lowest BCUT2D eigenvalue weighted by atomic mass is 10.0. The first-order valence-corrected chi connectivity index (χ1v) is 7.22. The molecule has 0 spiro atoms. The Hall–Kier alpha value is -0.200. The number of aryl methyl sites for hydroxylation is 1. The fourth-order valence-electron chi connectivity index (χ4n) is 1.71. The van der Waals surface area contributed by atoms with Gasteiger partial charge in [-0.3, -0.25) is 4.79 Å². The van der Waals surface area contributed by atoms with Crippen LogP contribution >= 0.6 is 24.5 Å². The van der Waals surface area contributed by atoms with Gasteiger partial charge in [-0.1, -0.05) is 40.6 Å². The number of carbonyl (C=O) groups is 1. The summed E-state index contributed by atoms with van der Waals surface area (Å²) in [5, 5.41) is 1.35. The smallest absolute Gasteiger partial charge is 0.202 e. The van der Waals surface area contributed by atoms with Gasteiger partial charge in [-0.05, 0) is 45.2 Å². The molecule has 82 valence electrons. The van der Waals surface area contributed by atoms with Crippen LogP contribution in [0.3, 0.4) is 0 Å². The van der Waals surface area contributed by atoms with Crippen LogP contribution in [0.2, 0.25) is 0 Å². The highest BCUT2D eigenvalue weighted by atomic mass is 79.9. The van der Waals surface area contributed by atoms with E-state index in [2.05, 4.69) is 48.0 Å². The second kappa shape index (κ2) is 6.40. The number of halogens is 1. The van der Waals surface area contributed by atoms with Gasteiger partial charge in [0.2, 0.25) is 4.69 Å². The highest BCUT2D eigenvalue weighted by Gasteiger charge is 2.06. The van der Waals surface area contributed by atoms with E-state index in [-0.39, 0.29) is 4.69 Å². The summed E-state index contributed by atoms with van der Waals surface area (Å²) >= 11 is 2.98. The average molecular weight is 287 g/mol. The van der Waals surface area contributed by atoms with Crippen LogP contribution in [0.15, 0.2) is 18.2 Å². The van der Waals surface area contributed by atoms with E-state index in [0.29, 0.717) is 14.7 Å². The molecule has 1 atom stereocenters. The summed E-state index contributed by atoms with van der Waals surface area (Å²) in [7, 11) is 0.593. The summed E-state index contributed by atoms with van der Waals surface area (Å²) in [5.41, 5.74) is 2.86. The standard InChI is InChI=1S/C12H16BrOP/c1-3-9-6-5-7-11(10(9)4-2)15-8-12(13)14/h5-7,15H,3-4,8H2,1-2H3. The Morgan fingerprint density at radius 1 is 1.33 bits per heavy atom. The molecule has 0 aliphatic carbocycles. The summed E-state index contributed by atoms with van der Waals surface area (Å²) < 4.78 is 0.102. The first-order chi connectivity index (χ1) is 7.19. The topological polar surface area (TPSA) is 17.1 Å². The molecule has 0 aromatic heterocycles. The third-order valence-electron chi connectivity index (χ3n) is 2.43. The second-order valence-corrected chi connectivity index (χ2v) is 5.49. The van der Waals surface area contributed by atoms with Gasteiger partial charge >= 0.3 is 0 Å². The maximum absolute atomic E-state index is 10.9. The normalized spacial score (nSPS) is 11.1. The molecule has 0 amide bonds. The van der Waals surface area contributed by atoms with Crippen LogP contribution in [-0.4, -0.2) is 10.9 Å². The molecule has 0 bridgehead atoms. The predicted molar refractivity (Wildman–Crippen MR) is 71.9 cm³/mol. The van der Waals surface area contributed by atoms with Crippen LogP contribution in [-0.2, 0) is 17.6 Å². The minimum absolute atomic E-state index is 0.102. The molecule has 1 unspecified atom stereocenters. The number of rotatable bonds is 5. The van der Waals surface area contributed by atoms with Crippen molar-refractivity contribution in [1.29, 1.82) is 0 Å². The molecule has 0 radical (unpaired) electrons. The maximum atomic E-state index is 10.9. The zero-order valence-electron chi connectivity index (χ0n) is 9.14. The first kappa shape index (κ1) is 12.9. The van der Waals surface area contributed by atoms with Gasteiger partial charge in [-0.2, -0.15) is 0 Å². The third-order valence-corrected chi connectivity index (χ3v) is 4.57. The molecule has 0 heterocycles.